The minimum absolute atomic E-state index is 0.100. The van der Waals surface area contributed by atoms with Crippen LogP contribution in [0.2, 0.25) is 0 Å². The number of hydrogen-bond acceptors (Lipinski definition) is 6. The summed E-state index contributed by atoms with van der Waals surface area (Å²) >= 11 is 0. The fourth-order valence-electron chi connectivity index (χ4n) is 4.98. The third kappa shape index (κ3) is 9.88. The van der Waals surface area contributed by atoms with Crippen molar-refractivity contribution in [1.29, 1.82) is 0 Å². The van der Waals surface area contributed by atoms with Crippen LogP contribution in [0.3, 0.4) is 0 Å². The Balaban J connectivity index is 1.87. The Morgan fingerprint density at radius 1 is 0.639 bits per heavy atom. The molecular formula is C30H50O6. The maximum atomic E-state index is 10.9. The van der Waals surface area contributed by atoms with Crippen molar-refractivity contribution >= 4 is 0 Å². The lowest BCUT2D eigenvalue weighted by Crippen LogP contribution is -2.25. The van der Waals surface area contributed by atoms with E-state index in [1.54, 1.807) is 31.4 Å². The molecule has 2 aliphatic carbocycles. The van der Waals surface area contributed by atoms with Crippen LogP contribution >= 0.6 is 0 Å². The molecule has 0 saturated heterocycles. The predicted molar refractivity (Wildman–Crippen MR) is 144 cm³/mol. The van der Waals surface area contributed by atoms with Gasteiger partial charge in [-0.1, -0.05) is 51.0 Å². The van der Waals surface area contributed by atoms with Gasteiger partial charge in [-0.25, -0.2) is 0 Å². The van der Waals surface area contributed by atoms with E-state index < -0.39 is 24.4 Å². The molecule has 0 aromatic carbocycles. The number of rotatable bonds is 15. The molecule has 0 bridgehead atoms. The first-order valence-electron chi connectivity index (χ1n) is 13.6. The average molecular weight is 507 g/mol. The lowest BCUT2D eigenvalue weighted by Gasteiger charge is -2.28. The van der Waals surface area contributed by atoms with Gasteiger partial charge in [-0.05, 0) is 92.9 Å². The van der Waals surface area contributed by atoms with Crippen molar-refractivity contribution in [1.82, 2.24) is 0 Å². The van der Waals surface area contributed by atoms with Crippen LogP contribution in [-0.4, -0.2) is 69.3 Å². The van der Waals surface area contributed by atoms with E-state index in [1.807, 2.05) is 13.8 Å². The van der Waals surface area contributed by atoms with Crippen LogP contribution < -0.4 is 0 Å². The molecule has 4 unspecified atom stereocenters. The second kappa shape index (κ2) is 14.0. The number of unbranched alkanes of at least 4 members (excludes halogenated alkanes) is 2. The van der Waals surface area contributed by atoms with Gasteiger partial charge in [0.05, 0.1) is 30.0 Å². The monoisotopic (exact) mass is 506 g/mol. The normalized spacial score (nSPS) is 25.3. The molecule has 0 spiro atoms. The zero-order valence-electron chi connectivity index (χ0n) is 23.0. The first-order valence-corrected chi connectivity index (χ1v) is 13.6. The largest absolute Gasteiger partial charge is 0.396 e. The minimum Gasteiger partial charge on any atom is -0.396 e. The molecule has 6 heteroatoms. The van der Waals surface area contributed by atoms with E-state index in [9.17, 15) is 25.5 Å². The number of aliphatic hydroxyl groups excluding tert-OH is 5. The van der Waals surface area contributed by atoms with Gasteiger partial charge in [-0.3, -0.25) is 0 Å². The molecule has 36 heavy (non-hydrogen) atoms. The molecule has 0 aliphatic heterocycles. The molecule has 2 aliphatic rings. The number of hydrogen-bond donors (Lipinski definition) is 5. The van der Waals surface area contributed by atoms with Crippen LogP contribution in [0.4, 0.5) is 0 Å². The van der Waals surface area contributed by atoms with Gasteiger partial charge in [0.2, 0.25) is 0 Å². The molecule has 0 aromatic rings. The van der Waals surface area contributed by atoms with Crippen molar-refractivity contribution in [3.8, 4) is 0 Å². The molecule has 0 radical (unpaired) electrons. The summed E-state index contributed by atoms with van der Waals surface area (Å²) in [5, 5.41) is 52.0. The predicted octanol–water partition coefficient (Wildman–Crippen LogP) is 4.51. The van der Waals surface area contributed by atoms with Crippen LogP contribution in [-0.2, 0) is 4.74 Å². The lowest BCUT2D eigenvalue weighted by molar-refractivity contribution is 0.0135. The van der Waals surface area contributed by atoms with Gasteiger partial charge in [0.25, 0.3) is 0 Å². The SMILES string of the molecule is COC(C)(C)CCCCC1=CC(O)C=C(CCC2=CC(O)C=C(CCCCC(C)(C)CO)C2O)C1O. The second-order valence-corrected chi connectivity index (χ2v) is 12.0. The summed E-state index contributed by atoms with van der Waals surface area (Å²) < 4.78 is 5.47. The van der Waals surface area contributed by atoms with E-state index >= 15 is 0 Å². The summed E-state index contributed by atoms with van der Waals surface area (Å²) in [5.41, 5.74) is 2.95. The molecule has 0 amide bonds. The molecular weight excluding hydrogens is 456 g/mol. The third-order valence-electron chi connectivity index (χ3n) is 7.69. The Morgan fingerprint density at radius 2 is 1.03 bits per heavy atom. The van der Waals surface area contributed by atoms with Gasteiger partial charge in [0.15, 0.2) is 0 Å². The fraction of sp³-hybridized carbons (Fsp3) is 0.733. The van der Waals surface area contributed by atoms with Crippen LogP contribution in [0.5, 0.6) is 0 Å². The van der Waals surface area contributed by atoms with Crippen molar-refractivity contribution in [3.63, 3.8) is 0 Å². The number of aliphatic hydroxyl groups is 5. The van der Waals surface area contributed by atoms with Crippen molar-refractivity contribution in [2.24, 2.45) is 5.41 Å². The average Bonchev–Trinajstić information content (AvgIpc) is 2.82. The molecule has 206 valence electrons. The van der Waals surface area contributed by atoms with Crippen LogP contribution in [0.1, 0.15) is 91.9 Å². The summed E-state index contributed by atoms with van der Waals surface area (Å²) in [7, 11) is 1.72. The van der Waals surface area contributed by atoms with Crippen molar-refractivity contribution in [2.45, 2.75) is 122 Å². The van der Waals surface area contributed by atoms with Crippen molar-refractivity contribution in [2.75, 3.05) is 13.7 Å². The van der Waals surface area contributed by atoms with E-state index in [1.165, 1.54) is 0 Å². The Hall–Kier alpha value is -1.28. The van der Waals surface area contributed by atoms with E-state index in [0.29, 0.717) is 19.3 Å². The first-order chi connectivity index (χ1) is 16.9. The summed E-state index contributed by atoms with van der Waals surface area (Å²) in [6, 6.07) is 0. The van der Waals surface area contributed by atoms with E-state index in [2.05, 4.69) is 13.8 Å². The van der Waals surface area contributed by atoms with Crippen molar-refractivity contribution in [3.05, 3.63) is 46.6 Å². The molecule has 0 fully saturated rings. The topological polar surface area (TPSA) is 110 Å². The maximum Gasteiger partial charge on any atom is 0.0963 e. The molecule has 5 N–H and O–H groups in total. The van der Waals surface area contributed by atoms with E-state index in [-0.39, 0.29) is 17.6 Å². The number of ether oxygens (including phenoxy) is 1. The van der Waals surface area contributed by atoms with Crippen LogP contribution in [0.25, 0.3) is 0 Å². The summed E-state index contributed by atoms with van der Waals surface area (Å²) in [5.74, 6) is 0. The number of methoxy groups -OCH3 is 1. The highest BCUT2D eigenvalue weighted by atomic mass is 16.5. The van der Waals surface area contributed by atoms with Crippen LogP contribution in [0, 0.1) is 5.41 Å². The van der Waals surface area contributed by atoms with E-state index in [0.717, 1.165) is 67.2 Å². The highest BCUT2D eigenvalue weighted by molar-refractivity contribution is 5.35. The van der Waals surface area contributed by atoms with Gasteiger partial charge in [-0.15, -0.1) is 0 Å². The van der Waals surface area contributed by atoms with Gasteiger partial charge >= 0.3 is 0 Å². The highest BCUT2D eigenvalue weighted by Crippen LogP contribution is 2.33. The molecule has 2 rings (SSSR count). The Kier molecular flexibility index (Phi) is 12.1. The van der Waals surface area contributed by atoms with Crippen LogP contribution in [0.15, 0.2) is 46.6 Å². The maximum absolute atomic E-state index is 10.9. The first kappa shape index (κ1) is 30.9. The molecule has 0 saturated carbocycles. The zero-order valence-corrected chi connectivity index (χ0v) is 23.0. The molecule has 6 nitrogen and oxygen atoms in total. The zero-order chi connectivity index (χ0) is 26.9. The lowest BCUT2D eigenvalue weighted by atomic mass is 9.83. The molecule has 0 heterocycles. The quantitative estimate of drug-likeness (QED) is 0.165. The van der Waals surface area contributed by atoms with Gasteiger partial charge < -0.3 is 30.3 Å². The van der Waals surface area contributed by atoms with Gasteiger partial charge in [-0.2, -0.15) is 0 Å². The summed E-state index contributed by atoms with van der Waals surface area (Å²) in [6.07, 6.45) is 12.0. The van der Waals surface area contributed by atoms with Gasteiger partial charge in [0, 0.05) is 13.7 Å². The Bertz CT molecular complexity index is 751. The molecule has 4 atom stereocenters. The summed E-state index contributed by atoms with van der Waals surface area (Å²) in [6.45, 7) is 8.37. The minimum atomic E-state index is -0.732. The fourth-order valence-corrected chi connectivity index (χ4v) is 4.98. The smallest absolute Gasteiger partial charge is 0.0963 e. The van der Waals surface area contributed by atoms with Crippen molar-refractivity contribution < 1.29 is 30.3 Å². The Labute approximate surface area is 218 Å². The van der Waals surface area contributed by atoms with Gasteiger partial charge in [0.1, 0.15) is 0 Å². The molecule has 0 aromatic heterocycles. The summed E-state index contributed by atoms with van der Waals surface area (Å²) in [4.78, 5) is 0. The standard InChI is InChI=1S/C30H50O6/c1-29(2,20-31)14-8-6-10-21-16-25(32)18-23(27(21)34)12-13-24-19-26(33)17-22(28(24)35)11-7-9-15-30(3,4)36-5/h16-19,25-28,31-35H,6-15,20H2,1-5H3. The van der Waals surface area contributed by atoms with E-state index in [4.69, 9.17) is 4.74 Å². The second-order valence-electron chi connectivity index (χ2n) is 12.0. The highest BCUT2D eigenvalue weighted by Gasteiger charge is 2.26. The third-order valence-corrected chi connectivity index (χ3v) is 7.69. The Morgan fingerprint density at radius 3 is 1.42 bits per heavy atom.